The second-order valence-corrected chi connectivity index (χ2v) is 11.8. The minimum absolute atomic E-state index is 0.0181. The maximum atomic E-state index is 14.7. The predicted octanol–water partition coefficient (Wildman–Crippen LogP) is 5.88. The third-order valence-electron chi connectivity index (χ3n) is 8.69. The molecule has 0 aliphatic carbocycles. The number of nitrogens with zero attached hydrogens (tertiary/aromatic N) is 4. The summed E-state index contributed by atoms with van der Waals surface area (Å²) in [5.41, 5.74) is 3.75. The molecule has 7 rings (SSSR count). The number of piperidine rings is 1. The number of nitrogens with one attached hydrogen (secondary N) is 1. The highest BCUT2D eigenvalue weighted by molar-refractivity contribution is 6.30. The summed E-state index contributed by atoms with van der Waals surface area (Å²) >= 11 is 5.97. The largest absolute Gasteiger partial charge is 0.485 e. The van der Waals surface area contributed by atoms with Crippen LogP contribution < -0.4 is 9.47 Å². The van der Waals surface area contributed by atoms with Gasteiger partial charge in [0.1, 0.15) is 23.9 Å². The van der Waals surface area contributed by atoms with Gasteiger partial charge < -0.3 is 23.5 Å². The second kappa shape index (κ2) is 11.7. The van der Waals surface area contributed by atoms with E-state index in [-0.39, 0.29) is 24.5 Å². The van der Waals surface area contributed by atoms with Crippen molar-refractivity contribution in [3.05, 3.63) is 82.1 Å². The average Bonchev–Trinajstić information content (AvgIpc) is 3.34. The number of aromatic nitrogens is 3. The molecule has 3 aliphatic rings. The second-order valence-electron chi connectivity index (χ2n) is 11.3. The monoisotopic (exact) mass is 605 g/mol. The van der Waals surface area contributed by atoms with Crippen molar-refractivity contribution in [3.63, 3.8) is 0 Å². The summed E-state index contributed by atoms with van der Waals surface area (Å²) in [4.78, 5) is 11.9. The number of imidazole rings is 1. The summed E-state index contributed by atoms with van der Waals surface area (Å²) in [7, 11) is 1.47. The number of likely N-dealkylation sites (tertiary alicyclic amines) is 1. The lowest BCUT2D eigenvalue weighted by atomic mass is 9.88. The van der Waals surface area contributed by atoms with E-state index in [2.05, 4.69) is 20.5 Å². The molecule has 0 bridgehead atoms. The Kier molecular flexibility index (Phi) is 7.67. The highest BCUT2D eigenvalue weighted by Crippen LogP contribution is 2.45. The maximum absolute atomic E-state index is 14.7. The Morgan fingerprint density at radius 3 is 2.72 bits per heavy atom. The van der Waals surface area contributed by atoms with Gasteiger partial charge in [0, 0.05) is 22.8 Å². The number of hydrogen-bond donors (Lipinski definition) is 1. The van der Waals surface area contributed by atoms with Gasteiger partial charge in [0.25, 0.3) is 0 Å². The molecule has 2 atom stereocenters. The summed E-state index contributed by atoms with van der Waals surface area (Å²) in [6, 6.07) is 12.5. The van der Waals surface area contributed by atoms with E-state index in [1.54, 1.807) is 18.3 Å². The molecule has 4 aromatic rings. The fraction of sp³-hybridized carbons (Fsp3) is 0.406. The van der Waals surface area contributed by atoms with E-state index in [0.29, 0.717) is 34.3 Å². The zero-order valence-electron chi connectivity index (χ0n) is 23.9. The van der Waals surface area contributed by atoms with Crippen molar-refractivity contribution in [1.29, 1.82) is 5.41 Å². The van der Waals surface area contributed by atoms with Crippen LogP contribution in [0.1, 0.15) is 53.9 Å². The van der Waals surface area contributed by atoms with Crippen LogP contribution in [0.5, 0.6) is 11.5 Å². The first-order valence-electron chi connectivity index (χ1n) is 14.7. The van der Waals surface area contributed by atoms with Gasteiger partial charge in [0.15, 0.2) is 17.6 Å². The smallest absolute Gasteiger partial charge is 0.232 e. The number of methoxy groups -OCH3 is 1. The molecule has 5 heterocycles. The van der Waals surface area contributed by atoms with Gasteiger partial charge in [-0.15, -0.1) is 0 Å². The molecule has 2 saturated heterocycles. The summed E-state index contributed by atoms with van der Waals surface area (Å²) in [6.07, 6.45) is 4.34. The molecule has 0 spiro atoms. The Labute approximate surface area is 254 Å². The number of para-hydroxylation sites is 1. The van der Waals surface area contributed by atoms with Gasteiger partial charge in [-0.05, 0) is 62.5 Å². The van der Waals surface area contributed by atoms with Crippen LogP contribution in [0.15, 0.2) is 48.7 Å². The number of hydrogen-bond acceptors (Lipinski definition) is 8. The average molecular weight is 606 g/mol. The number of halogens is 2. The third kappa shape index (κ3) is 5.55. The lowest BCUT2D eigenvalue weighted by Crippen LogP contribution is -2.35. The van der Waals surface area contributed by atoms with Crippen molar-refractivity contribution in [2.24, 2.45) is 0 Å². The molecule has 0 saturated carbocycles. The summed E-state index contributed by atoms with van der Waals surface area (Å²) < 4.78 is 40.2. The summed E-state index contributed by atoms with van der Waals surface area (Å²) in [6.45, 7) is 4.26. The van der Waals surface area contributed by atoms with E-state index in [1.807, 2.05) is 18.2 Å². The van der Waals surface area contributed by atoms with Crippen LogP contribution in [0.2, 0.25) is 5.02 Å². The van der Waals surface area contributed by atoms with E-state index in [4.69, 9.17) is 40.9 Å². The first kappa shape index (κ1) is 28.1. The van der Waals surface area contributed by atoms with Gasteiger partial charge in [-0.25, -0.2) is 14.4 Å². The van der Waals surface area contributed by atoms with Gasteiger partial charge in [-0.2, -0.15) is 0 Å². The van der Waals surface area contributed by atoms with Gasteiger partial charge in [-0.3, -0.25) is 10.3 Å². The quantitative estimate of drug-likeness (QED) is 0.208. The van der Waals surface area contributed by atoms with Gasteiger partial charge in [0.2, 0.25) is 5.90 Å². The molecule has 43 heavy (non-hydrogen) atoms. The standard InChI is InChI=1S/C32H33ClFN5O4/c1-40-32(35)26-14-25-27(15-36-26)39(16-21-9-12-41-21)30(37-25)17-38-10-7-19(8-11-38)22-3-2-4-28-31(22)43-29(18-42-28)23-6-5-20(33)13-24(23)34/h2-6,13-15,19,21,29,35H,7-12,16-18H2,1H3/t21-,29?/m0/s1. The minimum atomic E-state index is -0.540. The Balaban J connectivity index is 1.07. The molecule has 2 aromatic heterocycles. The molecular formula is C32H33ClFN5O4. The lowest BCUT2D eigenvalue weighted by molar-refractivity contribution is -0.0592. The van der Waals surface area contributed by atoms with E-state index >= 15 is 0 Å². The van der Waals surface area contributed by atoms with Gasteiger partial charge in [0.05, 0.1) is 43.5 Å². The zero-order chi connectivity index (χ0) is 29.5. The van der Waals surface area contributed by atoms with Gasteiger partial charge in [-0.1, -0.05) is 29.8 Å². The fourth-order valence-electron chi connectivity index (χ4n) is 6.21. The molecule has 9 nitrogen and oxygen atoms in total. The number of benzene rings is 2. The molecule has 2 fully saturated rings. The van der Waals surface area contributed by atoms with E-state index in [0.717, 1.165) is 67.9 Å². The fourth-order valence-corrected chi connectivity index (χ4v) is 6.37. The highest BCUT2D eigenvalue weighted by Gasteiger charge is 2.31. The van der Waals surface area contributed by atoms with E-state index in [9.17, 15) is 4.39 Å². The van der Waals surface area contributed by atoms with Crippen LogP contribution in [0.25, 0.3) is 11.0 Å². The van der Waals surface area contributed by atoms with E-state index < -0.39 is 11.9 Å². The normalized spacial score (nSPS) is 20.6. The summed E-state index contributed by atoms with van der Waals surface area (Å²) in [5, 5.41) is 8.36. The first-order chi connectivity index (χ1) is 21.0. The third-order valence-corrected chi connectivity index (χ3v) is 8.93. The number of fused-ring (bicyclic) bond motifs is 2. The predicted molar refractivity (Wildman–Crippen MR) is 160 cm³/mol. The minimum Gasteiger partial charge on any atom is -0.485 e. The van der Waals surface area contributed by atoms with Crippen molar-refractivity contribution < 1.29 is 23.3 Å². The van der Waals surface area contributed by atoms with Crippen molar-refractivity contribution in [1.82, 2.24) is 19.4 Å². The van der Waals surface area contributed by atoms with Crippen LogP contribution in [0.4, 0.5) is 4.39 Å². The molecule has 1 unspecified atom stereocenters. The summed E-state index contributed by atoms with van der Waals surface area (Å²) in [5.74, 6) is 2.29. The Morgan fingerprint density at radius 2 is 1.98 bits per heavy atom. The Morgan fingerprint density at radius 1 is 1.14 bits per heavy atom. The van der Waals surface area contributed by atoms with Crippen LogP contribution in [0.3, 0.4) is 0 Å². The highest BCUT2D eigenvalue weighted by atomic mass is 35.5. The Hall–Kier alpha value is -3.73. The first-order valence-corrected chi connectivity index (χ1v) is 15.0. The van der Waals surface area contributed by atoms with Crippen LogP contribution in [-0.2, 0) is 22.6 Å². The topological polar surface area (TPSA) is 94.7 Å². The molecule has 224 valence electrons. The molecule has 0 amide bonds. The number of pyridine rings is 1. The number of rotatable bonds is 7. The molecular weight excluding hydrogens is 573 g/mol. The van der Waals surface area contributed by atoms with E-state index in [1.165, 1.54) is 13.2 Å². The van der Waals surface area contributed by atoms with Crippen molar-refractivity contribution in [2.45, 2.75) is 50.5 Å². The van der Waals surface area contributed by atoms with Crippen molar-refractivity contribution >= 4 is 28.5 Å². The number of ether oxygens (including phenoxy) is 4. The SMILES string of the molecule is COC(=N)c1cc2nc(CN3CCC(c4cccc5c4OC(c4ccc(Cl)cc4F)CO5)CC3)n(C[C@@H]3CCO3)c2cn1. The lowest BCUT2D eigenvalue weighted by Gasteiger charge is -2.35. The van der Waals surface area contributed by atoms with Crippen LogP contribution >= 0.6 is 11.6 Å². The molecule has 11 heteroatoms. The van der Waals surface area contributed by atoms with Gasteiger partial charge >= 0.3 is 0 Å². The van der Waals surface area contributed by atoms with Crippen molar-refractivity contribution in [3.8, 4) is 11.5 Å². The molecule has 1 N–H and O–H groups in total. The molecule has 2 aromatic carbocycles. The molecule has 0 radical (unpaired) electrons. The zero-order valence-corrected chi connectivity index (χ0v) is 24.6. The maximum Gasteiger partial charge on any atom is 0.232 e. The molecule has 3 aliphatic heterocycles. The Bertz CT molecular complexity index is 1670. The van der Waals surface area contributed by atoms with Crippen molar-refractivity contribution in [2.75, 3.05) is 33.4 Å². The van der Waals surface area contributed by atoms with Crippen LogP contribution in [-0.4, -0.2) is 64.8 Å². The van der Waals surface area contributed by atoms with Crippen LogP contribution in [0, 0.1) is 11.2 Å².